The average Bonchev–Trinajstić information content (AvgIpc) is 3.39. The number of hydrogen-bond donors (Lipinski definition) is 1. The number of rotatable bonds is 4. The van der Waals surface area contributed by atoms with Gasteiger partial charge < -0.3 is 4.90 Å². The second-order valence-corrected chi connectivity index (χ2v) is 10.1. The number of aromatic nitrogens is 4. The van der Waals surface area contributed by atoms with E-state index in [2.05, 4.69) is 15.3 Å². The summed E-state index contributed by atoms with van der Waals surface area (Å²) >= 11 is 1.57. The van der Waals surface area contributed by atoms with Crippen LogP contribution in [0.5, 0.6) is 0 Å². The summed E-state index contributed by atoms with van der Waals surface area (Å²) in [6.07, 6.45) is 0.561. The molecule has 4 rings (SSSR count). The van der Waals surface area contributed by atoms with E-state index in [1.165, 1.54) is 4.31 Å². The number of nitrogens with zero attached hydrogens (tertiary/aromatic N) is 5. The van der Waals surface area contributed by atoms with Crippen molar-refractivity contribution in [2.24, 2.45) is 7.05 Å². The van der Waals surface area contributed by atoms with Crippen molar-refractivity contribution in [2.75, 3.05) is 26.2 Å². The second kappa shape index (κ2) is 7.97. The van der Waals surface area contributed by atoms with E-state index in [1.807, 2.05) is 17.5 Å². The third-order valence-corrected chi connectivity index (χ3v) is 8.42. The molecule has 0 radical (unpaired) electrons. The molecule has 0 atom stereocenters. The first-order valence-corrected chi connectivity index (χ1v) is 12.0. The predicted molar refractivity (Wildman–Crippen MR) is 114 cm³/mol. The molecule has 1 N–H and O–H groups in total. The quantitative estimate of drug-likeness (QED) is 0.658. The smallest absolute Gasteiger partial charge is 0.274 e. The first kappa shape index (κ1) is 20.8. The Labute approximate surface area is 179 Å². The Morgan fingerprint density at radius 2 is 2.00 bits per heavy atom. The molecule has 3 aromatic rings. The maximum Gasteiger partial charge on any atom is 0.274 e. The highest BCUT2D eigenvalue weighted by atomic mass is 32.2. The standard InChI is InChI=1S/C19H24N6O3S2/c1-13-18(14(2)23(3)22-13)30(27,28)25-8-5-7-24(9-10-25)19(26)16-12-15(20-21-16)17-6-4-11-29-17/h4,6,11-12H,5,7-10H2,1-3H3,(H,20,21). The number of aromatic amines is 1. The Kier molecular flexibility index (Phi) is 5.51. The molecule has 0 saturated carbocycles. The normalized spacial score (nSPS) is 16.0. The predicted octanol–water partition coefficient (Wildman–Crippen LogP) is 2.03. The number of hydrogen-bond acceptors (Lipinski definition) is 6. The van der Waals surface area contributed by atoms with Crippen LogP contribution in [0.2, 0.25) is 0 Å². The molecule has 160 valence electrons. The summed E-state index contributed by atoms with van der Waals surface area (Å²) < 4.78 is 29.5. The minimum Gasteiger partial charge on any atom is -0.336 e. The van der Waals surface area contributed by atoms with E-state index in [0.717, 1.165) is 10.6 Å². The fourth-order valence-corrected chi connectivity index (χ4v) is 6.31. The average molecular weight is 449 g/mol. The monoisotopic (exact) mass is 448 g/mol. The molecule has 1 amide bonds. The van der Waals surface area contributed by atoms with Crippen LogP contribution in [0, 0.1) is 13.8 Å². The van der Waals surface area contributed by atoms with E-state index in [1.54, 1.807) is 47.9 Å². The molecule has 11 heteroatoms. The SMILES string of the molecule is Cc1nn(C)c(C)c1S(=O)(=O)N1CCCN(C(=O)c2cc(-c3cccs3)[nH]n2)CC1. The first-order valence-electron chi connectivity index (χ1n) is 9.68. The lowest BCUT2D eigenvalue weighted by Crippen LogP contribution is -2.37. The molecule has 9 nitrogen and oxygen atoms in total. The number of thiophene rings is 1. The Bertz CT molecular complexity index is 1160. The molecule has 0 spiro atoms. The van der Waals surface area contributed by atoms with Gasteiger partial charge in [0.1, 0.15) is 4.90 Å². The minimum absolute atomic E-state index is 0.193. The molecule has 3 aromatic heterocycles. The Morgan fingerprint density at radius 1 is 1.20 bits per heavy atom. The lowest BCUT2D eigenvalue weighted by Gasteiger charge is -2.21. The maximum absolute atomic E-state index is 13.2. The number of nitrogens with one attached hydrogen (secondary N) is 1. The van der Waals surface area contributed by atoms with Crippen LogP contribution in [0.25, 0.3) is 10.6 Å². The summed E-state index contributed by atoms with van der Waals surface area (Å²) in [5.74, 6) is -0.193. The minimum atomic E-state index is -3.67. The van der Waals surface area contributed by atoms with Crippen LogP contribution >= 0.6 is 11.3 Å². The van der Waals surface area contributed by atoms with Gasteiger partial charge >= 0.3 is 0 Å². The van der Waals surface area contributed by atoms with Crippen molar-refractivity contribution in [3.05, 3.63) is 40.7 Å². The maximum atomic E-state index is 13.2. The van der Waals surface area contributed by atoms with Gasteiger partial charge in [-0.05, 0) is 37.8 Å². The number of sulfonamides is 1. The topological polar surface area (TPSA) is 104 Å². The van der Waals surface area contributed by atoms with Gasteiger partial charge in [0.05, 0.1) is 22.0 Å². The largest absolute Gasteiger partial charge is 0.336 e. The zero-order chi connectivity index (χ0) is 21.5. The van der Waals surface area contributed by atoms with Crippen LogP contribution in [0.1, 0.15) is 28.3 Å². The van der Waals surface area contributed by atoms with E-state index in [9.17, 15) is 13.2 Å². The van der Waals surface area contributed by atoms with Gasteiger partial charge in [-0.1, -0.05) is 6.07 Å². The highest BCUT2D eigenvalue weighted by Crippen LogP contribution is 2.25. The van der Waals surface area contributed by atoms with Gasteiger partial charge in [0, 0.05) is 33.2 Å². The van der Waals surface area contributed by atoms with E-state index in [-0.39, 0.29) is 17.3 Å². The van der Waals surface area contributed by atoms with Gasteiger partial charge in [0.2, 0.25) is 10.0 Å². The number of amides is 1. The van der Waals surface area contributed by atoms with Crippen LogP contribution in [-0.2, 0) is 17.1 Å². The second-order valence-electron chi connectivity index (χ2n) is 7.32. The zero-order valence-corrected chi connectivity index (χ0v) is 18.8. The molecule has 1 saturated heterocycles. The van der Waals surface area contributed by atoms with Gasteiger partial charge in [-0.3, -0.25) is 14.6 Å². The van der Waals surface area contributed by atoms with Crippen molar-refractivity contribution in [3.63, 3.8) is 0 Å². The van der Waals surface area contributed by atoms with Gasteiger partial charge in [-0.2, -0.15) is 14.5 Å². The van der Waals surface area contributed by atoms with E-state index in [4.69, 9.17) is 0 Å². The Hall–Kier alpha value is -2.50. The summed E-state index contributed by atoms with van der Waals surface area (Å²) in [5.41, 5.74) is 2.25. The Balaban J connectivity index is 1.49. The first-order chi connectivity index (χ1) is 14.3. The molecule has 0 aliphatic carbocycles. The third kappa shape index (κ3) is 3.68. The van der Waals surface area contributed by atoms with Crippen molar-refractivity contribution in [2.45, 2.75) is 25.2 Å². The van der Waals surface area contributed by atoms with E-state index >= 15 is 0 Å². The van der Waals surface area contributed by atoms with E-state index in [0.29, 0.717) is 43.1 Å². The molecule has 1 aliphatic rings. The van der Waals surface area contributed by atoms with Gasteiger partial charge in [0.15, 0.2) is 5.69 Å². The van der Waals surface area contributed by atoms with Gasteiger partial charge in [0.25, 0.3) is 5.91 Å². The fourth-order valence-electron chi connectivity index (χ4n) is 3.75. The summed E-state index contributed by atoms with van der Waals surface area (Å²) in [4.78, 5) is 15.9. The lowest BCUT2D eigenvalue weighted by atomic mass is 10.3. The van der Waals surface area contributed by atoms with E-state index < -0.39 is 10.0 Å². The third-order valence-electron chi connectivity index (χ3n) is 5.37. The zero-order valence-electron chi connectivity index (χ0n) is 17.1. The van der Waals surface area contributed by atoms with Crippen LogP contribution < -0.4 is 0 Å². The molecule has 1 fully saturated rings. The van der Waals surface area contributed by atoms with Crippen LogP contribution in [0.15, 0.2) is 28.5 Å². The number of aryl methyl sites for hydroxylation is 2. The summed E-state index contributed by atoms with van der Waals surface area (Å²) in [5, 5.41) is 13.3. The molecule has 0 aromatic carbocycles. The molecule has 4 heterocycles. The van der Waals surface area contributed by atoms with Crippen molar-refractivity contribution >= 4 is 27.3 Å². The van der Waals surface area contributed by atoms with Crippen molar-refractivity contribution in [1.29, 1.82) is 0 Å². The molecule has 30 heavy (non-hydrogen) atoms. The van der Waals surface area contributed by atoms with Crippen LogP contribution in [0.3, 0.4) is 0 Å². The highest BCUT2D eigenvalue weighted by Gasteiger charge is 2.33. The van der Waals surface area contributed by atoms with Crippen molar-refractivity contribution < 1.29 is 13.2 Å². The molecule has 0 bridgehead atoms. The summed E-state index contributed by atoms with van der Waals surface area (Å²) in [6.45, 7) is 4.86. The van der Waals surface area contributed by atoms with Crippen LogP contribution in [-0.4, -0.2) is 69.7 Å². The van der Waals surface area contributed by atoms with Gasteiger partial charge in [-0.15, -0.1) is 11.3 Å². The number of H-pyrrole nitrogens is 1. The van der Waals surface area contributed by atoms with Crippen molar-refractivity contribution in [3.8, 4) is 10.6 Å². The number of carbonyl (C=O) groups is 1. The highest BCUT2D eigenvalue weighted by molar-refractivity contribution is 7.89. The molecule has 0 unspecified atom stereocenters. The fraction of sp³-hybridized carbons (Fsp3) is 0.421. The molecule has 1 aliphatic heterocycles. The molecular weight excluding hydrogens is 424 g/mol. The lowest BCUT2D eigenvalue weighted by molar-refractivity contribution is 0.0758. The number of carbonyl (C=O) groups excluding carboxylic acids is 1. The van der Waals surface area contributed by atoms with Crippen LogP contribution in [0.4, 0.5) is 0 Å². The Morgan fingerprint density at radius 3 is 2.67 bits per heavy atom. The summed E-state index contributed by atoms with van der Waals surface area (Å²) in [7, 11) is -1.94. The van der Waals surface area contributed by atoms with Crippen molar-refractivity contribution in [1.82, 2.24) is 29.2 Å². The van der Waals surface area contributed by atoms with Gasteiger partial charge in [-0.25, -0.2) is 8.42 Å². The molecular formula is C19H24N6O3S2. The summed E-state index contributed by atoms with van der Waals surface area (Å²) in [6, 6.07) is 5.65.